The Labute approximate surface area is 202 Å². The zero-order valence-electron chi connectivity index (χ0n) is 18.4. The van der Waals surface area contributed by atoms with Crippen LogP contribution in [-0.4, -0.2) is 57.7 Å². The first-order valence-electron chi connectivity index (χ1n) is 11.0. The molecule has 0 saturated carbocycles. The van der Waals surface area contributed by atoms with Crippen LogP contribution in [-0.2, 0) is 9.47 Å². The van der Waals surface area contributed by atoms with Crippen molar-refractivity contribution in [1.29, 1.82) is 0 Å². The van der Waals surface area contributed by atoms with Crippen molar-refractivity contribution in [3.63, 3.8) is 0 Å². The van der Waals surface area contributed by atoms with Crippen molar-refractivity contribution in [2.24, 2.45) is 0 Å². The zero-order chi connectivity index (χ0) is 23.7. The number of nitrogens with one attached hydrogen (secondary N) is 1. The maximum absolute atomic E-state index is 9.90. The second-order valence-electron chi connectivity index (χ2n) is 7.99. The smallest absolute Gasteiger partial charge is 0.296 e. The summed E-state index contributed by atoms with van der Waals surface area (Å²) in [6, 6.07) is 20.4. The second kappa shape index (κ2) is 9.56. The first-order chi connectivity index (χ1) is 16.7. The average Bonchev–Trinajstić information content (AvgIpc) is 3.57. The summed E-state index contributed by atoms with van der Waals surface area (Å²) in [7, 11) is 0. The third-order valence-electron chi connectivity index (χ3n) is 5.92. The molecule has 0 amide bonds. The van der Waals surface area contributed by atoms with E-state index in [-0.39, 0.29) is 24.9 Å². The highest BCUT2D eigenvalue weighted by Gasteiger charge is 2.48. The summed E-state index contributed by atoms with van der Waals surface area (Å²) in [5.41, 5.74) is 5.02. The number of aliphatic hydroxyl groups excluding tert-OH is 1. The summed E-state index contributed by atoms with van der Waals surface area (Å²) in [5.74, 6) is 0. The van der Waals surface area contributed by atoms with Crippen LogP contribution in [0, 0.1) is 0 Å². The van der Waals surface area contributed by atoms with E-state index in [1.807, 2.05) is 30.3 Å². The fourth-order valence-corrected chi connectivity index (χ4v) is 4.55. The van der Waals surface area contributed by atoms with E-state index in [0.717, 1.165) is 16.7 Å². The predicted molar refractivity (Wildman–Crippen MR) is 131 cm³/mol. The van der Waals surface area contributed by atoms with Gasteiger partial charge >= 0.3 is 0 Å². The van der Waals surface area contributed by atoms with Crippen LogP contribution < -0.4 is 4.74 Å². The Morgan fingerprint density at radius 3 is 2.35 bits per heavy atom. The molecular weight excluding hydrogens is 454 g/mol. The van der Waals surface area contributed by atoms with Crippen molar-refractivity contribution in [1.82, 2.24) is 15.0 Å². The van der Waals surface area contributed by atoms with Gasteiger partial charge in [-0.3, -0.25) is 0 Å². The van der Waals surface area contributed by atoms with E-state index in [9.17, 15) is 5.11 Å². The molecule has 2 aliphatic heterocycles. The van der Waals surface area contributed by atoms with E-state index < -0.39 is 6.10 Å². The quantitative estimate of drug-likeness (QED) is 0.416. The summed E-state index contributed by atoms with van der Waals surface area (Å²) in [6.45, 7) is 6.58. The normalized spacial score (nSPS) is 23.4. The molecule has 0 unspecified atom stereocenters. The molecule has 4 heterocycles. The third kappa shape index (κ3) is 4.19. The van der Waals surface area contributed by atoms with Gasteiger partial charge in [0.15, 0.2) is 11.8 Å². The van der Waals surface area contributed by atoms with Crippen LogP contribution in [0.3, 0.4) is 0 Å². The number of hydrogen-bond acceptors (Lipinski definition) is 6. The Kier molecular flexibility index (Phi) is 6.34. The molecule has 6 rings (SSSR count). The van der Waals surface area contributed by atoms with E-state index in [1.54, 1.807) is 6.07 Å². The molecule has 0 spiro atoms. The topological polar surface area (TPSA) is 89.5 Å². The average molecular weight is 478 g/mol. The standard InChI is InChI=1S/C24H20ClN3O4.C2H4/c25-16-10-17-23(28-24(26-17)32-19-12-31-21-18(29)11-30-22(19)21)27-20(16)15-8-6-14(7-9-15)13-4-2-1-3-5-13;1-2/h1-10,18-19,21-22,29H,11-12H2,(H,26,27,28);1-2H2/t18-,19-,21-,22-;/m1./s1. The first kappa shape index (κ1) is 22.6. The van der Waals surface area contributed by atoms with Gasteiger partial charge in [-0.1, -0.05) is 66.2 Å². The number of halogens is 1. The Bertz CT molecular complexity index is 1280. The molecule has 2 N–H and O–H groups in total. The summed E-state index contributed by atoms with van der Waals surface area (Å²) in [4.78, 5) is 12.3. The SMILES string of the molecule is C=C.O[C@@H]1CO[C@H]2[C@@H]1OC[C@H]2Oc1nc2nc(-c3ccc(-c4ccccc4)cc3)c(Cl)cc2[nH]1. The van der Waals surface area contributed by atoms with E-state index >= 15 is 0 Å². The highest BCUT2D eigenvalue weighted by Crippen LogP contribution is 2.33. The first-order valence-corrected chi connectivity index (χ1v) is 11.3. The molecule has 2 aliphatic rings. The minimum Gasteiger partial charge on any atom is -0.456 e. The number of pyridine rings is 1. The van der Waals surface area contributed by atoms with Crippen molar-refractivity contribution in [3.05, 3.63) is 78.8 Å². The van der Waals surface area contributed by atoms with Gasteiger partial charge in [-0.2, -0.15) is 4.98 Å². The maximum atomic E-state index is 9.90. The minimum absolute atomic E-state index is 0.249. The molecule has 2 aromatic carbocycles. The molecule has 7 nitrogen and oxygen atoms in total. The lowest BCUT2D eigenvalue weighted by molar-refractivity contribution is 0.00706. The van der Waals surface area contributed by atoms with Crippen LogP contribution in [0.1, 0.15) is 0 Å². The second-order valence-corrected chi connectivity index (χ2v) is 8.40. The van der Waals surface area contributed by atoms with Gasteiger partial charge in [0, 0.05) is 5.56 Å². The lowest BCUT2D eigenvalue weighted by Gasteiger charge is -2.15. The number of fused-ring (bicyclic) bond motifs is 2. The van der Waals surface area contributed by atoms with Crippen molar-refractivity contribution in [2.45, 2.75) is 24.4 Å². The van der Waals surface area contributed by atoms with Gasteiger partial charge in [0.1, 0.15) is 18.3 Å². The van der Waals surface area contributed by atoms with Gasteiger partial charge in [0.05, 0.1) is 29.4 Å². The molecule has 2 saturated heterocycles. The largest absolute Gasteiger partial charge is 0.456 e. The maximum Gasteiger partial charge on any atom is 0.296 e. The van der Waals surface area contributed by atoms with Crippen LogP contribution in [0.2, 0.25) is 5.02 Å². The summed E-state index contributed by atoms with van der Waals surface area (Å²) >= 11 is 6.54. The predicted octanol–water partition coefficient (Wildman–Crippen LogP) is 4.65. The number of nitrogens with zero attached hydrogens (tertiary/aromatic N) is 2. The van der Waals surface area contributed by atoms with E-state index in [0.29, 0.717) is 34.5 Å². The molecule has 2 aromatic heterocycles. The zero-order valence-corrected chi connectivity index (χ0v) is 19.1. The van der Waals surface area contributed by atoms with Crippen LogP contribution >= 0.6 is 11.6 Å². The van der Waals surface area contributed by atoms with Crippen molar-refractivity contribution in [3.8, 4) is 28.4 Å². The van der Waals surface area contributed by atoms with Gasteiger partial charge in [-0.05, 0) is 17.2 Å². The number of imidazole rings is 1. The van der Waals surface area contributed by atoms with Crippen LogP contribution in [0.25, 0.3) is 33.5 Å². The number of aromatic amines is 1. The van der Waals surface area contributed by atoms with E-state index in [2.05, 4.69) is 52.4 Å². The van der Waals surface area contributed by atoms with Gasteiger partial charge in [-0.25, -0.2) is 4.98 Å². The summed E-state index contributed by atoms with van der Waals surface area (Å²) < 4.78 is 17.2. The molecule has 0 aliphatic carbocycles. The number of ether oxygens (including phenoxy) is 3. The molecule has 174 valence electrons. The Hall–Kier alpha value is -3.23. The van der Waals surface area contributed by atoms with Gasteiger partial charge < -0.3 is 24.3 Å². The molecule has 34 heavy (non-hydrogen) atoms. The third-order valence-corrected chi connectivity index (χ3v) is 6.20. The molecule has 0 radical (unpaired) electrons. The molecular formula is C26H24ClN3O4. The Balaban J connectivity index is 0.00000117. The number of hydrogen-bond donors (Lipinski definition) is 2. The number of benzene rings is 2. The highest BCUT2D eigenvalue weighted by molar-refractivity contribution is 6.33. The van der Waals surface area contributed by atoms with Gasteiger partial charge in [0.2, 0.25) is 0 Å². The fraction of sp³-hybridized carbons (Fsp3) is 0.231. The van der Waals surface area contributed by atoms with Crippen LogP contribution in [0.4, 0.5) is 0 Å². The van der Waals surface area contributed by atoms with Crippen LogP contribution in [0.15, 0.2) is 73.8 Å². The molecule has 2 fully saturated rings. The molecule has 4 atom stereocenters. The molecule has 8 heteroatoms. The lowest BCUT2D eigenvalue weighted by atomic mass is 10.0. The lowest BCUT2D eigenvalue weighted by Crippen LogP contribution is -2.34. The van der Waals surface area contributed by atoms with Gasteiger partial charge in [0.25, 0.3) is 6.01 Å². The van der Waals surface area contributed by atoms with Crippen molar-refractivity contribution in [2.75, 3.05) is 13.2 Å². The summed E-state index contributed by atoms with van der Waals surface area (Å²) in [6.07, 6.45) is -1.64. The van der Waals surface area contributed by atoms with Crippen molar-refractivity contribution >= 4 is 22.8 Å². The summed E-state index contributed by atoms with van der Waals surface area (Å²) in [5, 5.41) is 10.4. The van der Waals surface area contributed by atoms with Crippen molar-refractivity contribution < 1.29 is 19.3 Å². The minimum atomic E-state index is -0.624. The monoisotopic (exact) mass is 477 g/mol. The Morgan fingerprint density at radius 1 is 0.912 bits per heavy atom. The number of H-pyrrole nitrogens is 1. The number of aliphatic hydroxyl groups is 1. The van der Waals surface area contributed by atoms with Crippen LogP contribution in [0.5, 0.6) is 6.01 Å². The molecule has 0 bridgehead atoms. The van der Waals surface area contributed by atoms with Gasteiger partial charge in [-0.15, -0.1) is 13.2 Å². The fourth-order valence-electron chi connectivity index (χ4n) is 4.29. The highest BCUT2D eigenvalue weighted by atomic mass is 35.5. The van der Waals surface area contributed by atoms with E-state index in [1.165, 1.54) is 0 Å². The Morgan fingerprint density at radius 2 is 1.59 bits per heavy atom. The van der Waals surface area contributed by atoms with E-state index in [4.69, 9.17) is 25.8 Å². The number of aromatic nitrogens is 3. The molecule has 4 aromatic rings. The number of rotatable bonds is 4.